The van der Waals surface area contributed by atoms with Crippen LogP contribution in [0.25, 0.3) is 16.3 Å². The van der Waals surface area contributed by atoms with Gasteiger partial charge in [0.25, 0.3) is 0 Å². The van der Waals surface area contributed by atoms with E-state index in [0.29, 0.717) is 11.2 Å². The van der Waals surface area contributed by atoms with Crippen LogP contribution in [0.4, 0.5) is 0 Å². The van der Waals surface area contributed by atoms with Gasteiger partial charge in [-0.05, 0) is 18.4 Å². The maximum atomic E-state index is 12.3. The maximum Gasteiger partial charge on any atom is 0.340 e. The molecule has 0 unspecified atom stereocenters. The second-order valence-corrected chi connectivity index (χ2v) is 4.94. The molecule has 22 heavy (non-hydrogen) atoms. The summed E-state index contributed by atoms with van der Waals surface area (Å²) in [7, 11) is 2.59. The molecular formula is C17H15NO4. The minimum atomic E-state index is -0.553. The summed E-state index contributed by atoms with van der Waals surface area (Å²) in [5.74, 6) is -1.10. The highest BCUT2D eigenvalue weighted by Crippen LogP contribution is 2.30. The summed E-state index contributed by atoms with van der Waals surface area (Å²) in [4.78, 5) is 24.4. The number of methoxy groups -OCH3 is 2. The third-order valence-corrected chi connectivity index (χ3v) is 3.85. The molecule has 3 aromatic rings. The van der Waals surface area contributed by atoms with Gasteiger partial charge in [-0.25, -0.2) is 9.59 Å². The number of pyridine rings is 1. The molecule has 0 aliphatic carbocycles. The van der Waals surface area contributed by atoms with Gasteiger partial charge >= 0.3 is 11.9 Å². The SMILES string of the molecule is COC(=O)c1c(C(=O)OC)c2c3ccccc3ccn2c1C. The van der Waals surface area contributed by atoms with Crippen LogP contribution < -0.4 is 0 Å². The Labute approximate surface area is 127 Å². The molecule has 0 aliphatic heterocycles. The van der Waals surface area contributed by atoms with Gasteiger partial charge in [-0.2, -0.15) is 0 Å². The molecule has 2 heterocycles. The van der Waals surface area contributed by atoms with Crippen molar-refractivity contribution in [1.82, 2.24) is 4.40 Å². The number of hydrogen-bond acceptors (Lipinski definition) is 4. The molecule has 0 saturated heterocycles. The van der Waals surface area contributed by atoms with E-state index in [-0.39, 0.29) is 11.1 Å². The van der Waals surface area contributed by atoms with Crippen molar-refractivity contribution in [3.63, 3.8) is 0 Å². The van der Waals surface area contributed by atoms with E-state index in [1.807, 2.05) is 40.9 Å². The summed E-state index contributed by atoms with van der Waals surface area (Å²) in [6.45, 7) is 1.78. The fourth-order valence-electron chi connectivity index (χ4n) is 2.82. The lowest BCUT2D eigenvalue weighted by Gasteiger charge is -2.05. The van der Waals surface area contributed by atoms with Crippen LogP contribution in [0.2, 0.25) is 0 Å². The Hall–Kier alpha value is -2.82. The molecule has 112 valence electrons. The number of carbonyl (C=O) groups is 2. The molecule has 2 aromatic heterocycles. The van der Waals surface area contributed by atoms with Gasteiger partial charge in [-0.3, -0.25) is 0 Å². The normalized spacial score (nSPS) is 10.9. The van der Waals surface area contributed by atoms with Crippen molar-refractivity contribution >= 4 is 28.2 Å². The molecule has 0 fully saturated rings. The fraction of sp³-hybridized carbons (Fsp3) is 0.176. The molecule has 0 amide bonds. The van der Waals surface area contributed by atoms with Gasteiger partial charge < -0.3 is 13.9 Å². The number of aromatic nitrogens is 1. The molecule has 0 atom stereocenters. The van der Waals surface area contributed by atoms with Crippen LogP contribution in [0.1, 0.15) is 26.4 Å². The van der Waals surface area contributed by atoms with Crippen molar-refractivity contribution in [3.8, 4) is 0 Å². The predicted molar refractivity (Wildman–Crippen MR) is 82.3 cm³/mol. The van der Waals surface area contributed by atoms with E-state index >= 15 is 0 Å². The number of esters is 2. The van der Waals surface area contributed by atoms with Crippen molar-refractivity contribution in [2.45, 2.75) is 6.92 Å². The van der Waals surface area contributed by atoms with Crippen LogP contribution in [0, 0.1) is 6.92 Å². The standard InChI is InChI=1S/C17H15NO4/c1-10-13(16(19)21-2)14(17(20)22-3)15-12-7-5-4-6-11(12)8-9-18(10)15/h4-9H,1-3H3. The molecule has 0 radical (unpaired) electrons. The van der Waals surface area contributed by atoms with E-state index in [9.17, 15) is 9.59 Å². The number of aryl methyl sites for hydroxylation is 1. The highest BCUT2D eigenvalue weighted by atomic mass is 16.5. The minimum absolute atomic E-state index is 0.239. The quantitative estimate of drug-likeness (QED) is 0.682. The second kappa shape index (κ2) is 5.18. The molecule has 0 aliphatic rings. The number of benzene rings is 1. The van der Waals surface area contributed by atoms with Gasteiger partial charge in [0, 0.05) is 17.3 Å². The molecule has 1 aromatic carbocycles. The summed E-state index contributed by atoms with van der Waals surface area (Å²) in [6.07, 6.45) is 1.84. The topological polar surface area (TPSA) is 57.0 Å². The van der Waals surface area contributed by atoms with Crippen molar-refractivity contribution in [2.24, 2.45) is 0 Å². The van der Waals surface area contributed by atoms with E-state index in [1.165, 1.54) is 14.2 Å². The van der Waals surface area contributed by atoms with E-state index in [2.05, 4.69) is 0 Å². The molecule has 0 N–H and O–H groups in total. The van der Waals surface area contributed by atoms with Gasteiger partial charge in [-0.1, -0.05) is 24.3 Å². The number of ether oxygens (including phenoxy) is 2. The lowest BCUT2D eigenvalue weighted by atomic mass is 10.1. The third kappa shape index (κ3) is 1.86. The Morgan fingerprint density at radius 1 is 0.955 bits per heavy atom. The molecule has 5 nitrogen and oxygen atoms in total. The van der Waals surface area contributed by atoms with E-state index in [1.54, 1.807) is 6.92 Å². The first kappa shape index (κ1) is 14.1. The number of carbonyl (C=O) groups excluding carboxylic acids is 2. The largest absolute Gasteiger partial charge is 0.465 e. The van der Waals surface area contributed by atoms with Crippen LogP contribution >= 0.6 is 0 Å². The Morgan fingerprint density at radius 3 is 2.27 bits per heavy atom. The molecule has 3 rings (SSSR count). The van der Waals surface area contributed by atoms with Gasteiger partial charge in [0.2, 0.25) is 0 Å². The van der Waals surface area contributed by atoms with Crippen LogP contribution in [0.5, 0.6) is 0 Å². The first-order valence-electron chi connectivity index (χ1n) is 6.79. The van der Waals surface area contributed by atoms with Crippen LogP contribution in [0.3, 0.4) is 0 Å². The fourth-order valence-corrected chi connectivity index (χ4v) is 2.82. The summed E-state index contributed by atoms with van der Waals surface area (Å²) < 4.78 is 11.5. The van der Waals surface area contributed by atoms with E-state index < -0.39 is 11.9 Å². The van der Waals surface area contributed by atoms with Crippen molar-refractivity contribution in [1.29, 1.82) is 0 Å². The first-order chi connectivity index (χ1) is 10.6. The summed E-state index contributed by atoms with van der Waals surface area (Å²) in [5, 5.41) is 1.86. The van der Waals surface area contributed by atoms with Gasteiger partial charge in [0.15, 0.2) is 0 Å². The van der Waals surface area contributed by atoms with Crippen LogP contribution in [-0.4, -0.2) is 30.6 Å². The molecule has 0 saturated carbocycles. The van der Waals surface area contributed by atoms with Crippen molar-refractivity contribution < 1.29 is 19.1 Å². The predicted octanol–water partition coefficient (Wildman–Crippen LogP) is 2.97. The summed E-state index contributed by atoms with van der Waals surface area (Å²) >= 11 is 0. The Kier molecular flexibility index (Phi) is 3.33. The van der Waals surface area contributed by atoms with E-state index in [4.69, 9.17) is 9.47 Å². The summed E-state index contributed by atoms with van der Waals surface area (Å²) in [5.41, 5.74) is 1.78. The second-order valence-electron chi connectivity index (χ2n) is 4.94. The minimum Gasteiger partial charge on any atom is -0.465 e. The highest BCUT2D eigenvalue weighted by molar-refractivity contribution is 6.15. The van der Waals surface area contributed by atoms with Gasteiger partial charge in [0.05, 0.1) is 25.3 Å². The zero-order valence-electron chi connectivity index (χ0n) is 12.5. The summed E-state index contributed by atoms with van der Waals surface area (Å²) in [6, 6.07) is 9.63. The molecule has 5 heteroatoms. The van der Waals surface area contributed by atoms with E-state index in [0.717, 1.165) is 10.8 Å². The van der Waals surface area contributed by atoms with Crippen molar-refractivity contribution in [3.05, 3.63) is 53.3 Å². The van der Waals surface area contributed by atoms with Crippen LogP contribution in [-0.2, 0) is 9.47 Å². The zero-order valence-corrected chi connectivity index (χ0v) is 12.5. The highest BCUT2D eigenvalue weighted by Gasteiger charge is 2.28. The Morgan fingerprint density at radius 2 is 1.59 bits per heavy atom. The average molecular weight is 297 g/mol. The van der Waals surface area contributed by atoms with Crippen molar-refractivity contribution in [2.75, 3.05) is 14.2 Å². The van der Waals surface area contributed by atoms with Gasteiger partial charge in [0.1, 0.15) is 5.56 Å². The lowest BCUT2D eigenvalue weighted by Crippen LogP contribution is -2.10. The lowest BCUT2D eigenvalue weighted by molar-refractivity contribution is 0.0557. The van der Waals surface area contributed by atoms with Crippen LogP contribution in [0.15, 0.2) is 36.5 Å². The zero-order chi connectivity index (χ0) is 15.9. The monoisotopic (exact) mass is 297 g/mol. The molecule has 0 bridgehead atoms. The number of hydrogen-bond donors (Lipinski definition) is 0. The third-order valence-electron chi connectivity index (χ3n) is 3.85. The Bertz CT molecular complexity index is 908. The molecule has 0 spiro atoms. The number of nitrogens with zero attached hydrogens (tertiary/aromatic N) is 1. The Balaban J connectivity index is 2.55. The smallest absolute Gasteiger partial charge is 0.340 e. The molecular weight excluding hydrogens is 282 g/mol. The maximum absolute atomic E-state index is 12.3. The first-order valence-corrected chi connectivity index (χ1v) is 6.79. The number of fused-ring (bicyclic) bond motifs is 3. The van der Waals surface area contributed by atoms with Gasteiger partial charge in [-0.15, -0.1) is 0 Å². The number of rotatable bonds is 2. The average Bonchev–Trinajstić information content (AvgIpc) is 2.86.